The maximum absolute atomic E-state index is 13.1. The molecule has 0 radical (unpaired) electrons. The van der Waals surface area contributed by atoms with E-state index in [0.29, 0.717) is 6.54 Å². The quantitative estimate of drug-likeness (QED) is 0.785. The van der Waals surface area contributed by atoms with Crippen LogP contribution in [0.3, 0.4) is 0 Å². The van der Waals surface area contributed by atoms with E-state index >= 15 is 0 Å². The minimum Gasteiger partial charge on any atom is -0.496 e. The minimum absolute atomic E-state index is 0.0489. The average Bonchev–Trinajstić information content (AvgIpc) is 3.52. The predicted molar refractivity (Wildman–Crippen MR) is 102 cm³/mol. The lowest BCUT2D eigenvalue weighted by Crippen LogP contribution is -2.45. The third-order valence-corrected chi connectivity index (χ3v) is 5.60. The number of amides is 1. The van der Waals surface area contributed by atoms with Crippen LogP contribution in [-0.2, 0) is 20.5 Å². The Morgan fingerprint density at radius 2 is 1.73 bits per heavy atom. The largest absolute Gasteiger partial charge is 0.496 e. The zero-order valence-electron chi connectivity index (χ0n) is 15.7. The molecule has 138 valence electrons. The van der Waals surface area contributed by atoms with Crippen LogP contribution in [-0.4, -0.2) is 26.7 Å². The van der Waals surface area contributed by atoms with Gasteiger partial charge in [0.2, 0.25) is 5.91 Å². The molecule has 2 aromatic rings. The summed E-state index contributed by atoms with van der Waals surface area (Å²) in [5.41, 5.74) is 1.05. The van der Waals surface area contributed by atoms with E-state index in [1.54, 1.807) is 14.2 Å². The second-order valence-corrected chi connectivity index (χ2v) is 6.88. The van der Waals surface area contributed by atoms with Crippen molar-refractivity contribution in [1.82, 2.24) is 5.32 Å². The Bertz CT molecular complexity index is 749. The molecule has 0 aromatic heterocycles. The van der Waals surface area contributed by atoms with E-state index in [0.717, 1.165) is 36.1 Å². The molecule has 0 saturated heterocycles. The van der Waals surface area contributed by atoms with Crippen molar-refractivity contribution < 1.29 is 14.3 Å². The summed E-state index contributed by atoms with van der Waals surface area (Å²) in [7, 11) is 3.35. The zero-order valence-corrected chi connectivity index (χ0v) is 15.7. The van der Waals surface area contributed by atoms with Crippen LogP contribution >= 0.6 is 0 Å². The molecule has 1 amide bonds. The maximum Gasteiger partial charge on any atom is 0.230 e. The molecule has 1 unspecified atom stereocenters. The lowest BCUT2D eigenvalue weighted by Gasteiger charge is -2.33. The monoisotopic (exact) mass is 353 g/mol. The fourth-order valence-corrected chi connectivity index (χ4v) is 3.68. The Morgan fingerprint density at radius 3 is 2.31 bits per heavy atom. The lowest BCUT2D eigenvalue weighted by atomic mass is 9.89. The summed E-state index contributed by atoms with van der Waals surface area (Å²) in [6.45, 7) is 2.52. The molecule has 1 atom stereocenters. The van der Waals surface area contributed by atoms with Gasteiger partial charge >= 0.3 is 0 Å². The summed E-state index contributed by atoms with van der Waals surface area (Å²) in [5, 5.41) is 3.16. The SMILES string of the molecule is CCC(CNC(=O)C1(c2ccccc2OC)CC1)(OC)c1ccccc1. The van der Waals surface area contributed by atoms with Gasteiger partial charge in [-0.3, -0.25) is 4.79 Å². The van der Waals surface area contributed by atoms with Gasteiger partial charge in [-0.15, -0.1) is 0 Å². The van der Waals surface area contributed by atoms with Crippen molar-refractivity contribution in [1.29, 1.82) is 0 Å². The van der Waals surface area contributed by atoms with Gasteiger partial charge in [-0.1, -0.05) is 55.5 Å². The Balaban J connectivity index is 1.79. The van der Waals surface area contributed by atoms with Crippen molar-refractivity contribution in [2.45, 2.75) is 37.2 Å². The average molecular weight is 353 g/mol. The molecule has 1 N–H and O–H groups in total. The van der Waals surface area contributed by atoms with Gasteiger partial charge in [0.15, 0.2) is 0 Å². The molecule has 0 aliphatic heterocycles. The minimum atomic E-state index is -0.520. The molecule has 1 fully saturated rings. The van der Waals surface area contributed by atoms with Crippen molar-refractivity contribution in [2.75, 3.05) is 20.8 Å². The van der Waals surface area contributed by atoms with Crippen LogP contribution in [0.15, 0.2) is 54.6 Å². The lowest BCUT2D eigenvalue weighted by molar-refractivity contribution is -0.125. The molecular formula is C22H27NO3. The van der Waals surface area contributed by atoms with Gasteiger partial charge in [0, 0.05) is 12.7 Å². The third-order valence-electron chi connectivity index (χ3n) is 5.60. The molecule has 26 heavy (non-hydrogen) atoms. The number of nitrogens with one attached hydrogen (secondary N) is 1. The van der Waals surface area contributed by atoms with Crippen molar-refractivity contribution >= 4 is 5.91 Å². The highest BCUT2D eigenvalue weighted by atomic mass is 16.5. The number of carbonyl (C=O) groups is 1. The van der Waals surface area contributed by atoms with E-state index in [9.17, 15) is 4.79 Å². The number of hydrogen-bond acceptors (Lipinski definition) is 3. The first-order chi connectivity index (χ1) is 12.6. The van der Waals surface area contributed by atoms with Crippen LogP contribution in [0.1, 0.15) is 37.3 Å². The van der Waals surface area contributed by atoms with Crippen molar-refractivity contribution in [2.24, 2.45) is 0 Å². The summed E-state index contributed by atoms with van der Waals surface area (Å²) < 4.78 is 11.3. The Kier molecular flexibility index (Phi) is 5.33. The topological polar surface area (TPSA) is 47.6 Å². The number of para-hydroxylation sites is 1. The summed E-state index contributed by atoms with van der Waals surface area (Å²) in [5.74, 6) is 0.824. The van der Waals surface area contributed by atoms with E-state index in [1.807, 2.05) is 54.6 Å². The number of ether oxygens (including phenoxy) is 2. The van der Waals surface area contributed by atoms with E-state index in [4.69, 9.17) is 9.47 Å². The molecule has 1 saturated carbocycles. The molecule has 0 spiro atoms. The van der Waals surface area contributed by atoms with Crippen molar-refractivity contribution in [3.63, 3.8) is 0 Å². The molecule has 0 bridgehead atoms. The number of benzene rings is 2. The van der Waals surface area contributed by atoms with Crippen LogP contribution in [0, 0.1) is 0 Å². The Labute approximate surface area is 155 Å². The highest BCUT2D eigenvalue weighted by Gasteiger charge is 2.53. The first-order valence-electron chi connectivity index (χ1n) is 9.14. The Hall–Kier alpha value is -2.33. The van der Waals surface area contributed by atoms with Gasteiger partial charge in [-0.25, -0.2) is 0 Å². The number of hydrogen-bond donors (Lipinski definition) is 1. The molecule has 1 aliphatic rings. The number of carbonyl (C=O) groups excluding carboxylic acids is 1. The van der Waals surface area contributed by atoms with Gasteiger partial charge in [0.1, 0.15) is 11.4 Å². The van der Waals surface area contributed by atoms with E-state index < -0.39 is 11.0 Å². The van der Waals surface area contributed by atoms with Crippen LogP contribution in [0.25, 0.3) is 0 Å². The van der Waals surface area contributed by atoms with Crippen LogP contribution < -0.4 is 10.1 Å². The van der Waals surface area contributed by atoms with Gasteiger partial charge in [-0.05, 0) is 30.9 Å². The standard InChI is InChI=1S/C22H27NO3/c1-4-22(26-3,17-10-6-5-7-11-17)16-23-20(24)21(14-15-21)18-12-8-9-13-19(18)25-2/h5-13H,4,14-16H2,1-3H3,(H,23,24). The summed E-state index contributed by atoms with van der Waals surface area (Å²) in [4.78, 5) is 13.1. The second kappa shape index (κ2) is 7.50. The fraction of sp³-hybridized carbons (Fsp3) is 0.409. The molecular weight excluding hydrogens is 326 g/mol. The number of rotatable bonds is 8. The van der Waals surface area contributed by atoms with E-state index in [2.05, 4.69) is 12.2 Å². The summed E-state index contributed by atoms with van der Waals surface area (Å²) in [6, 6.07) is 17.9. The zero-order chi connectivity index (χ0) is 18.6. The molecule has 0 heterocycles. The van der Waals surface area contributed by atoms with E-state index in [-0.39, 0.29) is 5.91 Å². The van der Waals surface area contributed by atoms with Crippen LogP contribution in [0.2, 0.25) is 0 Å². The van der Waals surface area contributed by atoms with Crippen molar-refractivity contribution in [3.05, 3.63) is 65.7 Å². The van der Waals surface area contributed by atoms with E-state index in [1.165, 1.54) is 0 Å². The predicted octanol–water partition coefficient (Wildman–Crippen LogP) is 3.79. The first kappa shape index (κ1) is 18.5. The summed E-state index contributed by atoms with van der Waals surface area (Å²) in [6.07, 6.45) is 2.46. The molecule has 1 aliphatic carbocycles. The molecule has 4 nitrogen and oxygen atoms in total. The highest BCUT2D eigenvalue weighted by Crippen LogP contribution is 2.51. The van der Waals surface area contributed by atoms with Crippen molar-refractivity contribution in [3.8, 4) is 5.75 Å². The van der Waals surface area contributed by atoms with Gasteiger partial charge in [0.25, 0.3) is 0 Å². The summed E-state index contributed by atoms with van der Waals surface area (Å²) >= 11 is 0. The van der Waals surface area contributed by atoms with Gasteiger partial charge in [-0.2, -0.15) is 0 Å². The first-order valence-corrected chi connectivity index (χ1v) is 9.14. The number of methoxy groups -OCH3 is 2. The maximum atomic E-state index is 13.1. The highest BCUT2D eigenvalue weighted by molar-refractivity contribution is 5.92. The Morgan fingerprint density at radius 1 is 1.08 bits per heavy atom. The van der Waals surface area contributed by atoms with Crippen LogP contribution in [0.5, 0.6) is 5.75 Å². The molecule has 2 aromatic carbocycles. The smallest absolute Gasteiger partial charge is 0.230 e. The molecule has 3 rings (SSSR count). The van der Waals surface area contributed by atoms with Gasteiger partial charge < -0.3 is 14.8 Å². The normalized spacial score (nSPS) is 17.2. The molecule has 4 heteroatoms. The second-order valence-electron chi connectivity index (χ2n) is 6.88. The fourth-order valence-electron chi connectivity index (χ4n) is 3.68. The third kappa shape index (κ3) is 3.21. The van der Waals surface area contributed by atoms with Gasteiger partial charge in [0.05, 0.1) is 19.1 Å². The van der Waals surface area contributed by atoms with Crippen LogP contribution in [0.4, 0.5) is 0 Å².